The van der Waals surface area contributed by atoms with Gasteiger partial charge in [-0.1, -0.05) is 6.92 Å². The van der Waals surface area contributed by atoms with Crippen molar-refractivity contribution in [2.45, 2.75) is 19.8 Å². The van der Waals surface area contributed by atoms with E-state index in [1.54, 1.807) is 0 Å². The molecule has 0 amide bonds. The third-order valence-corrected chi connectivity index (χ3v) is 2.62. The van der Waals surface area contributed by atoms with Crippen LogP contribution < -0.4 is 0 Å². The number of aliphatic carboxylic acids is 4. The van der Waals surface area contributed by atoms with E-state index in [2.05, 4.69) is 0 Å². The van der Waals surface area contributed by atoms with E-state index < -0.39 is 54.5 Å². The predicted octanol–water partition coefficient (Wildman–Crippen LogP) is -0.0265. The van der Waals surface area contributed by atoms with Gasteiger partial charge in [-0.15, -0.1) is 0 Å². The minimum atomic E-state index is -1.46. The summed E-state index contributed by atoms with van der Waals surface area (Å²) in [5, 5.41) is 34.8. The molecule has 0 aliphatic carbocycles. The lowest BCUT2D eigenvalue weighted by molar-refractivity contribution is -0.156. The highest BCUT2D eigenvalue weighted by atomic mass is 16.4. The molecule has 0 aromatic carbocycles. The summed E-state index contributed by atoms with van der Waals surface area (Å²) in [5.41, 5.74) is 0. The Balaban J connectivity index is 4.93. The molecular formula is C10H14O8. The van der Waals surface area contributed by atoms with Crippen LogP contribution in [0, 0.1) is 17.8 Å². The average Bonchev–Trinajstić information content (AvgIpc) is 2.21. The smallest absolute Gasteiger partial charge is 0.307 e. The second-order valence-electron chi connectivity index (χ2n) is 3.94. The molecule has 8 nitrogen and oxygen atoms in total. The number of carboxylic acids is 4. The Kier molecular flexibility index (Phi) is 5.80. The summed E-state index contributed by atoms with van der Waals surface area (Å²) < 4.78 is 0. The molecule has 3 unspecified atom stereocenters. The maximum atomic E-state index is 10.9. The molecule has 0 saturated carbocycles. The lowest BCUT2D eigenvalue weighted by Gasteiger charge is -2.19. The van der Waals surface area contributed by atoms with Gasteiger partial charge in [0.1, 0.15) is 0 Å². The van der Waals surface area contributed by atoms with E-state index in [0.29, 0.717) is 0 Å². The van der Waals surface area contributed by atoms with E-state index in [-0.39, 0.29) is 0 Å². The van der Waals surface area contributed by atoms with Gasteiger partial charge in [-0.2, -0.15) is 0 Å². The van der Waals surface area contributed by atoms with Crippen LogP contribution in [0.1, 0.15) is 19.8 Å². The second-order valence-corrected chi connectivity index (χ2v) is 3.94. The van der Waals surface area contributed by atoms with E-state index in [1.165, 1.54) is 0 Å². The number of hydrogen-bond donors (Lipinski definition) is 4. The first-order valence-corrected chi connectivity index (χ1v) is 5.07. The molecule has 0 saturated heterocycles. The molecule has 3 atom stereocenters. The molecule has 0 spiro atoms. The quantitative estimate of drug-likeness (QED) is 0.476. The molecule has 0 aromatic heterocycles. The van der Waals surface area contributed by atoms with Gasteiger partial charge in [-0.3, -0.25) is 19.2 Å². The van der Waals surface area contributed by atoms with Crippen LogP contribution in [0.15, 0.2) is 0 Å². The fourth-order valence-electron chi connectivity index (χ4n) is 1.48. The maximum absolute atomic E-state index is 10.9. The normalized spacial score (nSPS) is 15.4. The van der Waals surface area contributed by atoms with E-state index >= 15 is 0 Å². The van der Waals surface area contributed by atoms with Crippen molar-refractivity contribution in [1.29, 1.82) is 0 Å². The Morgan fingerprint density at radius 1 is 0.889 bits per heavy atom. The zero-order valence-electron chi connectivity index (χ0n) is 9.57. The van der Waals surface area contributed by atoms with Crippen LogP contribution in [-0.4, -0.2) is 44.3 Å². The van der Waals surface area contributed by atoms with E-state index in [0.717, 1.165) is 6.92 Å². The van der Waals surface area contributed by atoms with Crippen molar-refractivity contribution < 1.29 is 39.6 Å². The van der Waals surface area contributed by atoms with E-state index in [4.69, 9.17) is 20.4 Å². The highest BCUT2D eigenvalue weighted by Gasteiger charge is 2.35. The minimum absolute atomic E-state index is 0.537. The summed E-state index contributed by atoms with van der Waals surface area (Å²) in [6, 6.07) is 0. The summed E-state index contributed by atoms with van der Waals surface area (Å²) in [4.78, 5) is 42.8. The summed E-state index contributed by atoms with van der Waals surface area (Å²) >= 11 is 0. The van der Waals surface area contributed by atoms with Crippen molar-refractivity contribution in [1.82, 2.24) is 0 Å². The second kappa shape index (κ2) is 6.58. The molecule has 0 aliphatic rings. The van der Waals surface area contributed by atoms with Crippen molar-refractivity contribution in [2.75, 3.05) is 0 Å². The first-order chi connectivity index (χ1) is 8.16. The standard InChI is InChI=1S/C10H14O8/c1-4(8(13)14)6(10(17)18)2-5(9(15)16)3-7(11)12/h4-6H,2-3H2,1H3,(H,11,12)(H,13,14)(H,15,16)(H,17,18). The molecule has 0 aliphatic heterocycles. The molecule has 0 rings (SSSR count). The van der Waals surface area contributed by atoms with Crippen LogP contribution in [0.5, 0.6) is 0 Å². The molecular weight excluding hydrogens is 248 g/mol. The van der Waals surface area contributed by atoms with Crippen LogP contribution in [-0.2, 0) is 19.2 Å². The zero-order valence-corrected chi connectivity index (χ0v) is 9.57. The monoisotopic (exact) mass is 262 g/mol. The van der Waals surface area contributed by atoms with Gasteiger partial charge in [0, 0.05) is 0 Å². The van der Waals surface area contributed by atoms with Gasteiger partial charge in [0.2, 0.25) is 0 Å². The van der Waals surface area contributed by atoms with Crippen molar-refractivity contribution in [3.63, 3.8) is 0 Å². The number of rotatable bonds is 8. The Hall–Kier alpha value is -2.12. The van der Waals surface area contributed by atoms with Gasteiger partial charge in [-0.25, -0.2) is 0 Å². The van der Waals surface area contributed by atoms with Gasteiger partial charge in [0.25, 0.3) is 0 Å². The fourth-order valence-corrected chi connectivity index (χ4v) is 1.48. The Morgan fingerprint density at radius 2 is 1.39 bits per heavy atom. The number of hydrogen-bond acceptors (Lipinski definition) is 4. The van der Waals surface area contributed by atoms with Crippen molar-refractivity contribution in [3.05, 3.63) is 0 Å². The summed E-state index contributed by atoms with van der Waals surface area (Å²) in [6.07, 6.45) is -1.28. The van der Waals surface area contributed by atoms with Crippen molar-refractivity contribution in [3.8, 4) is 0 Å². The third-order valence-electron chi connectivity index (χ3n) is 2.62. The summed E-state index contributed by atoms with van der Waals surface area (Å²) in [7, 11) is 0. The van der Waals surface area contributed by atoms with Crippen LogP contribution in [0.2, 0.25) is 0 Å². The zero-order chi connectivity index (χ0) is 14.5. The van der Waals surface area contributed by atoms with Crippen LogP contribution >= 0.6 is 0 Å². The molecule has 8 heteroatoms. The lowest BCUT2D eigenvalue weighted by atomic mass is 9.84. The maximum Gasteiger partial charge on any atom is 0.307 e. The summed E-state index contributed by atoms with van der Waals surface area (Å²) in [6.45, 7) is 1.14. The van der Waals surface area contributed by atoms with Gasteiger partial charge < -0.3 is 20.4 Å². The molecule has 18 heavy (non-hydrogen) atoms. The Morgan fingerprint density at radius 3 is 1.67 bits per heavy atom. The largest absolute Gasteiger partial charge is 0.481 e. The van der Waals surface area contributed by atoms with E-state index in [1.807, 2.05) is 0 Å². The fraction of sp³-hybridized carbons (Fsp3) is 0.600. The first kappa shape index (κ1) is 15.9. The lowest BCUT2D eigenvalue weighted by Crippen LogP contribution is -2.32. The summed E-state index contributed by atoms with van der Waals surface area (Å²) in [5.74, 6) is -9.83. The minimum Gasteiger partial charge on any atom is -0.481 e. The van der Waals surface area contributed by atoms with Gasteiger partial charge in [0.15, 0.2) is 0 Å². The third kappa shape index (κ3) is 4.81. The Bertz CT molecular complexity index is 361. The Labute approximate surface area is 102 Å². The van der Waals surface area contributed by atoms with Crippen molar-refractivity contribution in [2.24, 2.45) is 17.8 Å². The molecule has 0 bridgehead atoms. The van der Waals surface area contributed by atoms with Crippen LogP contribution in [0.4, 0.5) is 0 Å². The van der Waals surface area contributed by atoms with Crippen LogP contribution in [0.25, 0.3) is 0 Å². The molecule has 0 aromatic rings. The van der Waals surface area contributed by atoms with E-state index in [9.17, 15) is 19.2 Å². The number of carbonyl (C=O) groups is 4. The molecule has 0 radical (unpaired) electrons. The molecule has 0 fully saturated rings. The highest BCUT2D eigenvalue weighted by Crippen LogP contribution is 2.24. The van der Waals surface area contributed by atoms with Gasteiger partial charge >= 0.3 is 23.9 Å². The van der Waals surface area contributed by atoms with Crippen molar-refractivity contribution >= 4 is 23.9 Å². The topological polar surface area (TPSA) is 149 Å². The number of carboxylic acid groups (broad SMARTS) is 4. The van der Waals surface area contributed by atoms with Crippen LogP contribution in [0.3, 0.4) is 0 Å². The molecule has 4 N–H and O–H groups in total. The average molecular weight is 262 g/mol. The highest BCUT2D eigenvalue weighted by molar-refractivity contribution is 5.82. The SMILES string of the molecule is CC(C(=O)O)C(CC(CC(=O)O)C(=O)O)C(=O)O. The molecule has 0 heterocycles. The van der Waals surface area contributed by atoms with Gasteiger partial charge in [0.05, 0.1) is 24.2 Å². The molecule has 102 valence electrons. The predicted molar refractivity (Wildman–Crippen MR) is 55.9 cm³/mol. The first-order valence-electron chi connectivity index (χ1n) is 5.07. The van der Waals surface area contributed by atoms with Gasteiger partial charge in [-0.05, 0) is 6.42 Å².